The van der Waals surface area contributed by atoms with Gasteiger partial charge in [-0.3, -0.25) is 24.6 Å². The number of hydrogen-bond acceptors (Lipinski definition) is 6. The number of ether oxygens (including phenoxy) is 1. The van der Waals surface area contributed by atoms with Gasteiger partial charge in [-0.25, -0.2) is 0 Å². The highest BCUT2D eigenvalue weighted by molar-refractivity contribution is 6.02. The number of anilines is 1. The molecule has 5 rings (SSSR count). The second-order valence-corrected chi connectivity index (χ2v) is 7.39. The Balaban J connectivity index is 1.53. The van der Waals surface area contributed by atoms with E-state index in [-0.39, 0.29) is 42.4 Å². The standard InChI is InChI=1S/C18H22N4O5/c1-19(15-9-20-6-4-12(15)5-7-20)17(23)10-21-14-8-13(22(25)26)2-3-16(14)27-11-18(21)24/h2-3,8,12,15H,4-7,9-11H2,1H3. The molecule has 3 fully saturated rings. The van der Waals surface area contributed by atoms with E-state index in [1.165, 1.54) is 23.1 Å². The number of fused-ring (bicyclic) bond motifs is 4. The Morgan fingerprint density at radius 2 is 2.11 bits per heavy atom. The van der Waals surface area contributed by atoms with Gasteiger partial charge in [0, 0.05) is 31.8 Å². The van der Waals surface area contributed by atoms with Crippen LogP contribution in [0.2, 0.25) is 0 Å². The first-order valence-electron chi connectivity index (χ1n) is 9.13. The molecule has 1 aromatic carbocycles. The van der Waals surface area contributed by atoms with E-state index in [1.807, 2.05) is 0 Å². The van der Waals surface area contributed by atoms with Gasteiger partial charge >= 0.3 is 0 Å². The average Bonchev–Trinajstić information content (AvgIpc) is 2.69. The van der Waals surface area contributed by atoms with Crippen LogP contribution in [0.5, 0.6) is 5.75 Å². The third-order valence-corrected chi connectivity index (χ3v) is 5.90. The maximum Gasteiger partial charge on any atom is 0.271 e. The Morgan fingerprint density at radius 3 is 2.74 bits per heavy atom. The summed E-state index contributed by atoms with van der Waals surface area (Å²) in [5, 5.41) is 11.1. The molecule has 2 bridgehead atoms. The minimum absolute atomic E-state index is 0.143. The van der Waals surface area contributed by atoms with Crippen molar-refractivity contribution in [3.05, 3.63) is 28.3 Å². The molecule has 27 heavy (non-hydrogen) atoms. The van der Waals surface area contributed by atoms with Crippen molar-refractivity contribution in [2.45, 2.75) is 18.9 Å². The van der Waals surface area contributed by atoms with Crippen LogP contribution in [0, 0.1) is 16.0 Å². The Labute approximate surface area is 156 Å². The number of likely N-dealkylation sites (N-methyl/N-ethyl adjacent to an activating group) is 1. The number of benzene rings is 1. The summed E-state index contributed by atoms with van der Waals surface area (Å²) < 4.78 is 5.35. The number of amides is 2. The van der Waals surface area contributed by atoms with Gasteiger partial charge in [0.15, 0.2) is 6.61 Å². The predicted molar refractivity (Wildman–Crippen MR) is 96.7 cm³/mol. The largest absolute Gasteiger partial charge is 0.482 e. The predicted octanol–water partition coefficient (Wildman–Crippen LogP) is 0.873. The number of piperidine rings is 3. The molecule has 1 atom stereocenters. The zero-order valence-corrected chi connectivity index (χ0v) is 15.2. The number of hydrogen-bond donors (Lipinski definition) is 0. The van der Waals surface area contributed by atoms with Crippen LogP contribution in [0.25, 0.3) is 0 Å². The van der Waals surface area contributed by atoms with Crippen LogP contribution in [0.4, 0.5) is 11.4 Å². The Bertz CT molecular complexity index is 790. The monoisotopic (exact) mass is 374 g/mol. The number of non-ortho nitro benzene ring substituents is 1. The van der Waals surface area contributed by atoms with Crippen LogP contribution < -0.4 is 9.64 Å². The van der Waals surface area contributed by atoms with Gasteiger partial charge in [0.2, 0.25) is 5.91 Å². The molecule has 0 saturated carbocycles. The molecule has 9 nitrogen and oxygen atoms in total. The number of nitro benzene ring substituents is 1. The fourth-order valence-corrected chi connectivity index (χ4v) is 4.28. The Hall–Kier alpha value is -2.68. The second kappa shape index (κ2) is 6.80. The van der Waals surface area contributed by atoms with Gasteiger partial charge in [0.05, 0.1) is 10.6 Å². The lowest BCUT2D eigenvalue weighted by molar-refractivity contribution is -0.384. The summed E-state index contributed by atoms with van der Waals surface area (Å²) in [4.78, 5) is 41.2. The third-order valence-electron chi connectivity index (χ3n) is 5.90. The molecule has 2 amide bonds. The first-order valence-corrected chi connectivity index (χ1v) is 9.13. The van der Waals surface area contributed by atoms with E-state index >= 15 is 0 Å². The first-order chi connectivity index (χ1) is 12.9. The molecule has 0 aromatic heterocycles. The first kappa shape index (κ1) is 17.7. The van der Waals surface area contributed by atoms with Gasteiger partial charge in [0.1, 0.15) is 12.3 Å². The molecule has 0 spiro atoms. The smallest absolute Gasteiger partial charge is 0.271 e. The summed E-state index contributed by atoms with van der Waals surface area (Å²) in [6.07, 6.45) is 2.18. The molecule has 1 aromatic rings. The zero-order valence-electron chi connectivity index (χ0n) is 15.2. The highest BCUT2D eigenvalue weighted by atomic mass is 16.6. The van der Waals surface area contributed by atoms with Gasteiger partial charge in [-0.1, -0.05) is 0 Å². The molecule has 4 aliphatic rings. The normalized spacial score (nSPS) is 26.3. The van der Waals surface area contributed by atoms with E-state index in [1.54, 1.807) is 11.9 Å². The van der Waals surface area contributed by atoms with Crippen molar-refractivity contribution < 1.29 is 19.2 Å². The Morgan fingerprint density at radius 1 is 1.37 bits per heavy atom. The SMILES string of the molecule is CN(C(=O)CN1C(=O)COc2ccc([N+](=O)[O-])cc21)C1CN2CCC1CC2. The summed E-state index contributed by atoms with van der Waals surface area (Å²) >= 11 is 0. The van der Waals surface area contributed by atoms with Crippen molar-refractivity contribution in [3.63, 3.8) is 0 Å². The molecular formula is C18H22N4O5. The van der Waals surface area contributed by atoms with Crippen molar-refractivity contribution >= 4 is 23.2 Å². The van der Waals surface area contributed by atoms with Crippen LogP contribution in [0.3, 0.4) is 0 Å². The summed E-state index contributed by atoms with van der Waals surface area (Å²) in [5.41, 5.74) is 0.131. The van der Waals surface area contributed by atoms with Crippen LogP contribution >= 0.6 is 0 Å². The molecule has 3 saturated heterocycles. The molecule has 144 valence electrons. The van der Waals surface area contributed by atoms with Crippen LogP contribution in [-0.2, 0) is 9.59 Å². The van der Waals surface area contributed by atoms with Crippen LogP contribution in [0.1, 0.15) is 12.8 Å². The third kappa shape index (κ3) is 3.23. The molecule has 9 heteroatoms. The minimum Gasteiger partial charge on any atom is -0.482 e. The fraction of sp³-hybridized carbons (Fsp3) is 0.556. The quantitative estimate of drug-likeness (QED) is 0.573. The number of carbonyl (C=O) groups is 2. The topological polar surface area (TPSA) is 96.2 Å². The number of carbonyl (C=O) groups excluding carboxylic acids is 2. The van der Waals surface area contributed by atoms with Crippen LogP contribution in [0.15, 0.2) is 18.2 Å². The Kier molecular flexibility index (Phi) is 4.47. The molecule has 0 N–H and O–H groups in total. The lowest BCUT2D eigenvalue weighted by atomic mass is 9.83. The van der Waals surface area contributed by atoms with E-state index in [4.69, 9.17) is 4.74 Å². The fourth-order valence-electron chi connectivity index (χ4n) is 4.28. The maximum atomic E-state index is 12.9. The minimum atomic E-state index is -0.529. The zero-order chi connectivity index (χ0) is 19.1. The van der Waals surface area contributed by atoms with E-state index < -0.39 is 4.92 Å². The maximum absolute atomic E-state index is 12.9. The van der Waals surface area contributed by atoms with Gasteiger partial charge in [0.25, 0.3) is 11.6 Å². The van der Waals surface area contributed by atoms with E-state index in [0.717, 1.165) is 32.5 Å². The highest BCUT2D eigenvalue weighted by Gasteiger charge is 2.39. The molecule has 4 heterocycles. The van der Waals surface area contributed by atoms with E-state index in [0.29, 0.717) is 11.7 Å². The van der Waals surface area contributed by atoms with E-state index in [2.05, 4.69) is 4.90 Å². The summed E-state index contributed by atoms with van der Waals surface area (Å²) in [5.74, 6) is 0.330. The average molecular weight is 374 g/mol. The molecule has 1 unspecified atom stereocenters. The second-order valence-electron chi connectivity index (χ2n) is 7.39. The van der Waals surface area contributed by atoms with Crippen molar-refractivity contribution in [1.29, 1.82) is 0 Å². The number of nitrogens with zero attached hydrogens (tertiary/aromatic N) is 4. The van der Waals surface area contributed by atoms with Crippen LogP contribution in [-0.4, -0.2) is 72.4 Å². The van der Waals surface area contributed by atoms with Gasteiger partial charge < -0.3 is 14.5 Å². The van der Waals surface area contributed by atoms with Crippen molar-refractivity contribution in [1.82, 2.24) is 9.80 Å². The summed E-state index contributed by atoms with van der Waals surface area (Å²) in [6, 6.07) is 4.23. The molecular weight excluding hydrogens is 352 g/mol. The molecule has 4 aliphatic heterocycles. The van der Waals surface area contributed by atoms with Gasteiger partial charge in [-0.05, 0) is 37.9 Å². The summed E-state index contributed by atoms with van der Waals surface area (Å²) in [7, 11) is 1.79. The number of rotatable bonds is 4. The highest BCUT2D eigenvalue weighted by Crippen LogP contribution is 2.35. The van der Waals surface area contributed by atoms with Gasteiger partial charge in [-0.15, -0.1) is 0 Å². The van der Waals surface area contributed by atoms with Crippen molar-refractivity contribution in [2.75, 3.05) is 44.7 Å². The molecule has 0 radical (unpaired) electrons. The number of nitro groups is 1. The lowest BCUT2D eigenvalue weighted by Crippen LogP contribution is -2.59. The summed E-state index contributed by atoms with van der Waals surface area (Å²) in [6.45, 7) is 2.72. The van der Waals surface area contributed by atoms with Crippen molar-refractivity contribution in [2.24, 2.45) is 5.92 Å². The van der Waals surface area contributed by atoms with Crippen molar-refractivity contribution in [3.8, 4) is 5.75 Å². The molecule has 0 aliphatic carbocycles. The van der Waals surface area contributed by atoms with Gasteiger partial charge in [-0.2, -0.15) is 0 Å². The van der Waals surface area contributed by atoms with E-state index in [9.17, 15) is 19.7 Å². The lowest BCUT2D eigenvalue weighted by Gasteiger charge is -2.48.